The van der Waals surface area contributed by atoms with E-state index in [0.717, 1.165) is 47.7 Å². The summed E-state index contributed by atoms with van der Waals surface area (Å²) in [6.07, 6.45) is 2.41. The fourth-order valence-electron chi connectivity index (χ4n) is 4.25. The van der Waals surface area contributed by atoms with Gasteiger partial charge in [0.15, 0.2) is 0 Å². The summed E-state index contributed by atoms with van der Waals surface area (Å²) in [6.45, 7) is 9.18. The number of pyridine rings is 1. The summed E-state index contributed by atoms with van der Waals surface area (Å²) in [7, 11) is 0. The molecule has 1 aromatic carbocycles. The minimum Gasteiger partial charge on any atom is -0.370 e. The van der Waals surface area contributed by atoms with Gasteiger partial charge in [0.05, 0.1) is 33.9 Å². The topological polar surface area (TPSA) is 77.0 Å². The Morgan fingerprint density at radius 3 is 2.74 bits per heavy atom. The molecule has 1 aliphatic rings. The van der Waals surface area contributed by atoms with Gasteiger partial charge in [-0.05, 0) is 49.6 Å². The van der Waals surface area contributed by atoms with Crippen LogP contribution in [0.3, 0.4) is 0 Å². The van der Waals surface area contributed by atoms with Gasteiger partial charge in [0.2, 0.25) is 5.91 Å². The molecule has 1 amide bonds. The summed E-state index contributed by atoms with van der Waals surface area (Å²) >= 11 is 6.45. The van der Waals surface area contributed by atoms with Gasteiger partial charge in [-0.2, -0.15) is 0 Å². The molecule has 0 fully saturated rings. The predicted octanol–water partition coefficient (Wildman–Crippen LogP) is 6.71. The van der Waals surface area contributed by atoms with E-state index < -0.39 is 0 Å². The number of thiophene rings is 1. The molecule has 0 bridgehead atoms. The van der Waals surface area contributed by atoms with Crippen LogP contribution in [-0.4, -0.2) is 32.2 Å². The van der Waals surface area contributed by atoms with Crippen molar-refractivity contribution in [3.63, 3.8) is 0 Å². The molecule has 3 aromatic heterocycles. The van der Waals surface area contributed by atoms with Gasteiger partial charge >= 0.3 is 0 Å². The SMILES string of the molecule is CC(C)c1nc2sc3c(SCC(=O)Nc4ccc(Br)cc4)ncnc3c2c2c1COC(C)(C)C2. The minimum absolute atomic E-state index is 0.0725. The zero-order chi connectivity index (χ0) is 24.0. The molecule has 0 unspecified atom stereocenters. The third-order valence-corrected chi connectivity index (χ3v) is 8.57. The van der Waals surface area contributed by atoms with E-state index in [1.54, 1.807) is 17.7 Å². The van der Waals surface area contributed by atoms with Gasteiger partial charge in [0.1, 0.15) is 16.2 Å². The lowest BCUT2D eigenvalue weighted by Crippen LogP contribution is -2.32. The van der Waals surface area contributed by atoms with E-state index in [1.165, 1.54) is 22.9 Å². The molecular formula is C25H25BrN4O2S2. The second kappa shape index (κ2) is 9.18. The molecule has 0 spiro atoms. The van der Waals surface area contributed by atoms with Gasteiger partial charge < -0.3 is 10.1 Å². The molecule has 0 saturated carbocycles. The zero-order valence-electron chi connectivity index (χ0n) is 19.4. The first-order chi connectivity index (χ1) is 16.2. The van der Waals surface area contributed by atoms with E-state index in [9.17, 15) is 4.79 Å². The quantitative estimate of drug-likeness (QED) is 0.217. The molecule has 0 saturated heterocycles. The lowest BCUT2D eigenvalue weighted by atomic mass is 9.87. The van der Waals surface area contributed by atoms with Crippen LogP contribution in [0.2, 0.25) is 0 Å². The number of hydrogen-bond donors (Lipinski definition) is 1. The van der Waals surface area contributed by atoms with E-state index in [4.69, 9.17) is 9.72 Å². The number of nitrogens with one attached hydrogen (secondary N) is 1. The van der Waals surface area contributed by atoms with Crippen LogP contribution in [0.1, 0.15) is 50.4 Å². The molecule has 4 heterocycles. The number of carbonyl (C=O) groups is 1. The second-order valence-electron chi connectivity index (χ2n) is 9.32. The Morgan fingerprint density at radius 1 is 1.24 bits per heavy atom. The highest BCUT2D eigenvalue weighted by Gasteiger charge is 2.32. The largest absolute Gasteiger partial charge is 0.370 e. The number of aromatic nitrogens is 3. The first-order valence-corrected chi connectivity index (χ1v) is 13.7. The number of thioether (sulfide) groups is 1. The summed E-state index contributed by atoms with van der Waals surface area (Å²) in [5.74, 6) is 0.493. The number of ether oxygens (including phenoxy) is 1. The van der Waals surface area contributed by atoms with Crippen LogP contribution >= 0.6 is 39.0 Å². The first kappa shape index (κ1) is 23.7. The van der Waals surface area contributed by atoms with Crippen LogP contribution in [0.25, 0.3) is 20.4 Å². The number of fused-ring (bicyclic) bond motifs is 5. The van der Waals surface area contributed by atoms with Crippen LogP contribution in [0, 0.1) is 0 Å². The molecule has 6 nitrogen and oxygen atoms in total. The third-order valence-electron chi connectivity index (χ3n) is 5.84. The van der Waals surface area contributed by atoms with E-state index >= 15 is 0 Å². The number of anilines is 1. The summed E-state index contributed by atoms with van der Waals surface area (Å²) in [5, 5.41) is 4.86. The van der Waals surface area contributed by atoms with Crippen LogP contribution < -0.4 is 5.32 Å². The highest BCUT2D eigenvalue weighted by molar-refractivity contribution is 9.10. The Kier molecular flexibility index (Phi) is 6.39. The molecule has 0 aliphatic carbocycles. The van der Waals surface area contributed by atoms with Crippen molar-refractivity contribution < 1.29 is 9.53 Å². The average molecular weight is 558 g/mol. The lowest BCUT2D eigenvalue weighted by molar-refractivity contribution is -0.113. The maximum atomic E-state index is 12.6. The normalized spacial score (nSPS) is 15.1. The summed E-state index contributed by atoms with van der Waals surface area (Å²) in [6, 6.07) is 7.54. The third kappa shape index (κ3) is 4.58. The Hall–Kier alpha value is -2.07. The van der Waals surface area contributed by atoms with Crippen LogP contribution in [0.15, 0.2) is 40.1 Å². The fraction of sp³-hybridized carbons (Fsp3) is 0.360. The van der Waals surface area contributed by atoms with Gasteiger partial charge in [-0.15, -0.1) is 11.3 Å². The molecule has 176 valence electrons. The van der Waals surface area contributed by atoms with Crippen LogP contribution in [0.5, 0.6) is 0 Å². The van der Waals surface area contributed by atoms with Crippen molar-refractivity contribution in [3.05, 3.63) is 51.9 Å². The number of amides is 1. The molecule has 0 radical (unpaired) electrons. The van der Waals surface area contributed by atoms with Crippen molar-refractivity contribution in [1.82, 2.24) is 15.0 Å². The molecule has 1 aliphatic heterocycles. The van der Waals surface area contributed by atoms with Gasteiger partial charge in [0.25, 0.3) is 0 Å². The van der Waals surface area contributed by atoms with Crippen molar-refractivity contribution in [1.29, 1.82) is 0 Å². The smallest absolute Gasteiger partial charge is 0.234 e. The van der Waals surface area contributed by atoms with Crippen molar-refractivity contribution in [2.75, 3.05) is 11.1 Å². The van der Waals surface area contributed by atoms with Crippen LogP contribution in [-0.2, 0) is 22.6 Å². The zero-order valence-corrected chi connectivity index (χ0v) is 22.7. The number of carbonyl (C=O) groups excluding carboxylic acids is 1. The number of rotatable bonds is 5. The predicted molar refractivity (Wildman–Crippen MR) is 143 cm³/mol. The van der Waals surface area contributed by atoms with E-state index in [-0.39, 0.29) is 17.3 Å². The Labute approximate surface area is 215 Å². The number of nitrogens with zero attached hydrogens (tertiary/aromatic N) is 3. The molecule has 4 aromatic rings. The van der Waals surface area contributed by atoms with E-state index in [1.807, 2.05) is 24.3 Å². The van der Waals surface area contributed by atoms with Gasteiger partial charge in [-0.25, -0.2) is 15.0 Å². The molecule has 5 rings (SSSR count). The molecule has 34 heavy (non-hydrogen) atoms. The molecule has 1 N–H and O–H groups in total. The van der Waals surface area contributed by atoms with Crippen molar-refractivity contribution in [3.8, 4) is 0 Å². The second-order valence-corrected chi connectivity index (χ2v) is 12.2. The maximum absolute atomic E-state index is 12.6. The molecule has 0 atom stereocenters. The number of halogens is 1. The number of hydrogen-bond acceptors (Lipinski definition) is 7. The summed E-state index contributed by atoms with van der Waals surface area (Å²) in [4.78, 5) is 27.8. The van der Waals surface area contributed by atoms with Gasteiger partial charge in [-0.1, -0.05) is 41.5 Å². The monoisotopic (exact) mass is 556 g/mol. The minimum atomic E-state index is -0.237. The van der Waals surface area contributed by atoms with Crippen LogP contribution in [0.4, 0.5) is 5.69 Å². The Bertz CT molecular complexity index is 1400. The summed E-state index contributed by atoms with van der Waals surface area (Å²) < 4.78 is 8.10. The molecule has 9 heteroatoms. The number of benzene rings is 1. The Morgan fingerprint density at radius 2 is 2.00 bits per heavy atom. The fourth-order valence-corrected chi connectivity index (χ4v) is 6.56. The van der Waals surface area contributed by atoms with E-state index in [2.05, 4.69) is 58.9 Å². The summed E-state index contributed by atoms with van der Waals surface area (Å²) in [5.41, 5.74) is 5.04. The van der Waals surface area contributed by atoms with Crippen molar-refractivity contribution in [2.24, 2.45) is 0 Å². The first-order valence-electron chi connectivity index (χ1n) is 11.1. The van der Waals surface area contributed by atoms with E-state index in [0.29, 0.717) is 12.5 Å². The maximum Gasteiger partial charge on any atom is 0.234 e. The molecular weight excluding hydrogens is 532 g/mol. The standard InChI is InChI=1S/C25H25BrN4O2S2/c1-13(2)20-17-10-32-25(3,4)9-16(17)19-21-22(34-23(19)30-20)24(28-12-27-21)33-11-18(31)29-15-7-5-14(26)6-8-15/h5-8,12-13H,9-11H2,1-4H3,(H,29,31). The average Bonchev–Trinajstić information content (AvgIpc) is 3.17. The lowest BCUT2D eigenvalue weighted by Gasteiger charge is -2.33. The van der Waals surface area contributed by atoms with Crippen molar-refractivity contribution in [2.45, 2.75) is 57.3 Å². The van der Waals surface area contributed by atoms with Crippen molar-refractivity contribution >= 4 is 71.1 Å². The highest BCUT2D eigenvalue weighted by atomic mass is 79.9. The van der Waals surface area contributed by atoms with Gasteiger partial charge in [0, 0.05) is 27.5 Å². The Balaban J connectivity index is 1.50. The highest BCUT2D eigenvalue weighted by Crippen LogP contribution is 2.43. The van der Waals surface area contributed by atoms with Gasteiger partial charge in [-0.3, -0.25) is 4.79 Å².